The molecule has 1 N–H and O–H groups in total. The van der Waals surface area contributed by atoms with Gasteiger partial charge in [0, 0.05) is 20.2 Å². The second-order valence-electron chi connectivity index (χ2n) is 4.28. The summed E-state index contributed by atoms with van der Waals surface area (Å²) in [5.41, 5.74) is 2.25. The minimum absolute atomic E-state index is 0.245. The predicted molar refractivity (Wildman–Crippen MR) is 87.3 cm³/mol. The van der Waals surface area contributed by atoms with E-state index in [2.05, 4.69) is 28.2 Å². The minimum Gasteiger partial charge on any atom is -0.377 e. The van der Waals surface area contributed by atoms with Gasteiger partial charge in [-0.05, 0) is 58.2 Å². The fraction of sp³-hybridized carbons (Fsp3) is 0.200. The first kappa shape index (κ1) is 14.7. The Bertz CT molecular complexity index is 555. The van der Waals surface area contributed by atoms with Crippen molar-refractivity contribution in [2.45, 2.75) is 19.4 Å². The summed E-state index contributed by atoms with van der Waals surface area (Å²) < 4.78 is 0.965. The van der Waals surface area contributed by atoms with Crippen molar-refractivity contribution in [1.29, 1.82) is 0 Å². The van der Waals surface area contributed by atoms with Crippen LogP contribution in [0.25, 0.3) is 0 Å². The van der Waals surface area contributed by atoms with Crippen LogP contribution in [0.2, 0.25) is 10.0 Å². The first-order chi connectivity index (χ1) is 9.10. The lowest BCUT2D eigenvalue weighted by molar-refractivity contribution is 0.749. The van der Waals surface area contributed by atoms with Gasteiger partial charge < -0.3 is 5.32 Å². The van der Waals surface area contributed by atoms with Crippen molar-refractivity contribution < 1.29 is 0 Å². The van der Waals surface area contributed by atoms with Gasteiger partial charge in [0.15, 0.2) is 0 Å². The highest BCUT2D eigenvalue weighted by atomic mass is 79.9. The van der Waals surface area contributed by atoms with Crippen molar-refractivity contribution in [2.75, 3.05) is 5.32 Å². The summed E-state index contributed by atoms with van der Waals surface area (Å²) in [4.78, 5) is 0. The predicted octanol–water partition coefficient (Wildman–Crippen LogP) is 6.32. The van der Waals surface area contributed by atoms with E-state index in [1.54, 1.807) is 0 Å². The molecule has 0 aliphatic rings. The Morgan fingerprint density at radius 2 is 1.68 bits per heavy atom. The Balaban J connectivity index is 2.21. The summed E-state index contributed by atoms with van der Waals surface area (Å²) in [5.74, 6) is 0. The maximum Gasteiger partial charge on any atom is 0.0511 e. The van der Waals surface area contributed by atoms with Gasteiger partial charge in [-0.1, -0.05) is 42.3 Å². The van der Waals surface area contributed by atoms with Crippen LogP contribution >= 0.6 is 39.1 Å². The molecule has 0 bridgehead atoms. The van der Waals surface area contributed by atoms with E-state index in [9.17, 15) is 0 Å². The van der Waals surface area contributed by atoms with Crippen LogP contribution in [0.3, 0.4) is 0 Å². The van der Waals surface area contributed by atoms with Crippen LogP contribution in [0.4, 0.5) is 5.69 Å². The quantitative estimate of drug-likeness (QED) is 0.674. The molecule has 100 valence electrons. The Morgan fingerprint density at radius 3 is 2.26 bits per heavy atom. The normalized spacial score (nSPS) is 12.2. The van der Waals surface area contributed by atoms with Crippen molar-refractivity contribution in [3.8, 4) is 0 Å². The van der Waals surface area contributed by atoms with Crippen LogP contribution in [0, 0.1) is 0 Å². The summed E-state index contributed by atoms with van der Waals surface area (Å²) in [6.45, 7) is 2.15. The third kappa shape index (κ3) is 3.88. The number of benzene rings is 2. The smallest absolute Gasteiger partial charge is 0.0511 e. The van der Waals surface area contributed by atoms with E-state index < -0.39 is 0 Å². The SMILES string of the molecule is CCC(Nc1ccc(Cl)cc1Br)c1ccc(Cl)cc1. The van der Waals surface area contributed by atoms with Crippen molar-refractivity contribution in [3.05, 3.63) is 62.5 Å². The van der Waals surface area contributed by atoms with Crippen LogP contribution in [-0.2, 0) is 0 Å². The number of rotatable bonds is 4. The number of hydrogen-bond donors (Lipinski definition) is 1. The zero-order valence-electron chi connectivity index (χ0n) is 10.5. The van der Waals surface area contributed by atoms with E-state index in [4.69, 9.17) is 23.2 Å². The monoisotopic (exact) mass is 357 g/mol. The van der Waals surface area contributed by atoms with Gasteiger partial charge in [0.25, 0.3) is 0 Å². The summed E-state index contributed by atoms with van der Waals surface area (Å²) >= 11 is 15.4. The molecule has 0 aromatic heterocycles. The standard InChI is InChI=1S/C15H14BrCl2N/c1-2-14(10-3-5-11(17)6-4-10)19-15-8-7-12(18)9-13(15)16/h3-9,14,19H,2H2,1H3. The van der Waals surface area contributed by atoms with Gasteiger partial charge in [-0.2, -0.15) is 0 Å². The lowest BCUT2D eigenvalue weighted by Crippen LogP contribution is -2.09. The molecule has 0 saturated carbocycles. The van der Waals surface area contributed by atoms with Gasteiger partial charge in [0.1, 0.15) is 0 Å². The Morgan fingerprint density at radius 1 is 1.05 bits per heavy atom. The van der Waals surface area contributed by atoms with Gasteiger partial charge in [-0.15, -0.1) is 0 Å². The minimum atomic E-state index is 0.245. The summed E-state index contributed by atoms with van der Waals surface area (Å²) in [6.07, 6.45) is 0.983. The van der Waals surface area contributed by atoms with E-state index in [1.807, 2.05) is 42.5 Å². The first-order valence-electron chi connectivity index (χ1n) is 6.07. The maximum atomic E-state index is 5.95. The maximum absolute atomic E-state index is 5.95. The Hall–Kier alpha value is -0.700. The van der Waals surface area contributed by atoms with Crippen LogP contribution in [0.15, 0.2) is 46.9 Å². The molecular weight excluding hydrogens is 345 g/mol. The summed E-state index contributed by atoms with van der Waals surface area (Å²) in [5, 5.41) is 4.99. The summed E-state index contributed by atoms with van der Waals surface area (Å²) in [7, 11) is 0. The summed E-state index contributed by atoms with van der Waals surface area (Å²) in [6, 6.07) is 13.9. The largest absolute Gasteiger partial charge is 0.377 e. The second-order valence-corrected chi connectivity index (χ2v) is 6.01. The molecule has 2 rings (SSSR count). The number of anilines is 1. The molecule has 0 aliphatic heterocycles. The van der Waals surface area contributed by atoms with Gasteiger partial charge in [0.05, 0.1) is 6.04 Å². The molecule has 0 spiro atoms. The molecule has 0 saturated heterocycles. The molecule has 2 aromatic rings. The van der Waals surface area contributed by atoms with Crippen molar-refractivity contribution in [2.24, 2.45) is 0 Å². The van der Waals surface area contributed by atoms with Crippen LogP contribution in [0.5, 0.6) is 0 Å². The number of nitrogens with one attached hydrogen (secondary N) is 1. The van der Waals surface area contributed by atoms with Crippen molar-refractivity contribution >= 4 is 44.8 Å². The second kappa shape index (κ2) is 6.65. The fourth-order valence-corrected chi connectivity index (χ4v) is 2.83. The average Bonchev–Trinajstić information content (AvgIpc) is 2.39. The highest BCUT2D eigenvalue weighted by molar-refractivity contribution is 9.10. The molecule has 1 nitrogen and oxygen atoms in total. The van der Waals surface area contributed by atoms with Crippen LogP contribution in [-0.4, -0.2) is 0 Å². The Kier molecular flexibility index (Phi) is 5.14. The third-order valence-corrected chi connectivity index (χ3v) is 4.08. The first-order valence-corrected chi connectivity index (χ1v) is 7.62. The van der Waals surface area contributed by atoms with Crippen LogP contribution < -0.4 is 5.32 Å². The van der Waals surface area contributed by atoms with E-state index in [1.165, 1.54) is 5.56 Å². The molecule has 0 aliphatic carbocycles. The van der Waals surface area contributed by atoms with Gasteiger partial charge in [0.2, 0.25) is 0 Å². The van der Waals surface area contributed by atoms with Crippen molar-refractivity contribution in [1.82, 2.24) is 0 Å². The fourth-order valence-electron chi connectivity index (χ4n) is 1.91. The average molecular weight is 359 g/mol. The molecular formula is C15H14BrCl2N. The number of halogens is 3. The zero-order chi connectivity index (χ0) is 13.8. The molecule has 0 heterocycles. The highest BCUT2D eigenvalue weighted by Crippen LogP contribution is 2.30. The number of hydrogen-bond acceptors (Lipinski definition) is 1. The molecule has 2 aromatic carbocycles. The third-order valence-electron chi connectivity index (χ3n) is 2.94. The molecule has 0 fully saturated rings. The lowest BCUT2D eigenvalue weighted by Gasteiger charge is -2.20. The molecule has 0 radical (unpaired) electrons. The molecule has 1 atom stereocenters. The topological polar surface area (TPSA) is 12.0 Å². The zero-order valence-corrected chi connectivity index (χ0v) is 13.6. The molecule has 1 unspecified atom stereocenters. The van der Waals surface area contributed by atoms with Gasteiger partial charge in [-0.3, -0.25) is 0 Å². The molecule has 4 heteroatoms. The lowest BCUT2D eigenvalue weighted by atomic mass is 10.0. The van der Waals surface area contributed by atoms with E-state index in [0.29, 0.717) is 0 Å². The van der Waals surface area contributed by atoms with E-state index >= 15 is 0 Å². The van der Waals surface area contributed by atoms with E-state index in [0.717, 1.165) is 26.6 Å². The Labute approximate surface area is 132 Å². The van der Waals surface area contributed by atoms with Crippen molar-refractivity contribution in [3.63, 3.8) is 0 Å². The molecule has 19 heavy (non-hydrogen) atoms. The van der Waals surface area contributed by atoms with Gasteiger partial charge in [-0.25, -0.2) is 0 Å². The van der Waals surface area contributed by atoms with Gasteiger partial charge >= 0.3 is 0 Å². The highest BCUT2D eigenvalue weighted by Gasteiger charge is 2.10. The van der Waals surface area contributed by atoms with E-state index in [-0.39, 0.29) is 6.04 Å². The molecule has 0 amide bonds. The van der Waals surface area contributed by atoms with Crippen LogP contribution in [0.1, 0.15) is 24.9 Å².